The minimum Gasteiger partial charge on any atom is -0.462 e. The summed E-state index contributed by atoms with van der Waals surface area (Å²) in [7, 11) is 0. The van der Waals surface area contributed by atoms with Crippen LogP contribution in [0.2, 0.25) is 0 Å². The predicted molar refractivity (Wildman–Crippen MR) is 127 cm³/mol. The molecule has 2 saturated heterocycles. The summed E-state index contributed by atoms with van der Waals surface area (Å²) < 4.78 is 6.16. The van der Waals surface area contributed by atoms with Crippen molar-refractivity contribution in [3.63, 3.8) is 0 Å². The van der Waals surface area contributed by atoms with Crippen LogP contribution in [0.5, 0.6) is 0 Å². The van der Waals surface area contributed by atoms with Gasteiger partial charge in [0.1, 0.15) is 11.5 Å². The van der Waals surface area contributed by atoms with Crippen molar-refractivity contribution in [1.29, 1.82) is 0 Å². The Kier molecular flexibility index (Phi) is 5.85. The maximum Gasteiger partial charge on any atom is 0.127 e. The second-order valence-corrected chi connectivity index (χ2v) is 12.1. The molecule has 1 aliphatic carbocycles. The Balaban J connectivity index is 1.55. The molecule has 2 heteroatoms. The molecule has 4 unspecified atom stereocenters. The van der Waals surface area contributed by atoms with Crippen LogP contribution in [-0.4, -0.2) is 24.0 Å². The molecule has 4 aliphatic rings. The number of ether oxygens (including phenoxy) is 1. The molecule has 4 rings (SSSR count). The molecule has 0 N–H and O–H groups in total. The van der Waals surface area contributed by atoms with Gasteiger partial charge in [-0.15, -0.1) is 0 Å². The van der Waals surface area contributed by atoms with Crippen molar-refractivity contribution in [3.05, 3.63) is 47.0 Å². The first-order valence-corrected chi connectivity index (χ1v) is 12.3. The van der Waals surface area contributed by atoms with Gasteiger partial charge >= 0.3 is 0 Å². The van der Waals surface area contributed by atoms with Gasteiger partial charge in [0.25, 0.3) is 0 Å². The van der Waals surface area contributed by atoms with Gasteiger partial charge in [0.05, 0.1) is 0 Å². The van der Waals surface area contributed by atoms with Crippen LogP contribution in [0.1, 0.15) is 80.6 Å². The third-order valence-corrected chi connectivity index (χ3v) is 8.29. The van der Waals surface area contributed by atoms with Gasteiger partial charge in [0.2, 0.25) is 0 Å². The first-order chi connectivity index (χ1) is 14.1. The van der Waals surface area contributed by atoms with E-state index in [2.05, 4.69) is 77.7 Å². The van der Waals surface area contributed by atoms with E-state index in [1.807, 2.05) is 0 Å². The van der Waals surface area contributed by atoms with E-state index in [0.29, 0.717) is 16.7 Å². The highest BCUT2D eigenvalue weighted by molar-refractivity contribution is 5.42. The van der Waals surface area contributed by atoms with Crippen molar-refractivity contribution in [3.8, 4) is 0 Å². The summed E-state index contributed by atoms with van der Waals surface area (Å²) >= 11 is 0. The molecule has 0 amide bonds. The molecule has 0 bridgehead atoms. The number of rotatable bonds is 3. The first kappa shape index (κ1) is 21.9. The number of allylic oxidation sites excluding steroid dienone is 7. The highest BCUT2D eigenvalue weighted by Gasteiger charge is 2.53. The molecule has 2 nitrogen and oxygen atoms in total. The van der Waals surface area contributed by atoms with Gasteiger partial charge in [-0.2, -0.15) is 0 Å². The number of nitrogens with zero attached hydrogens (tertiary/aromatic N) is 1. The van der Waals surface area contributed by atoms with E-state index in [1.54, 1.807) is 0 Å². The predicted octanol–water partition coefficient (Wildman–Crippen LogP) is 7.26. The normalized spacial score (nSPS) is 35.4. The Morgan fingerprint density at radius 3 is 2.63 bits per heavy atom. The van der Waals surface area contributed by atoms with Crippen LogP contribution >= 0.6 is 0 Å². The molecule has 0 aromatic carbocycles. The zero-order valence-electron chi connectivity index (χ0n) is 20.4. The topological polar surface area (TPSA) is 12.5 Å². The summed E-state index contributed by atoms with van der Waals surface area (Å²) in [6, 6.07) is 0.809. The van der Waals surface area contributed by atoms with E-state index in [4.69, 9.17) is 4.74 Å². The standard InChI is InChI=1S/C28H43NO/c1-8-23-15-21(19(2)3)16-24(30-23)10-9-20-13-22-17-27(4,5)18-29-12-11-28(6,7)25(14-20)26(22)29/h9-10,15-16,20,22,25-26H,8,11-14,17-18H2,1-7H3/b10-9+. The molecule has 0 aromatic rings. The fourth-order valence-corrected chi connectivity index (χ4v) is 6.74. The van der Waals surface area contributed by atoms with Gasteiger partial charge in [0, 0.05) is 19.0 Å². The van der Waals surface area contributed by atoms with E-state index in [9.17, 15) is 0 Å². The van der Waals surface area contributed by atoms with Gasteiger partial charge in [-0.3, -0.25) is 4.90 Å². The maximum absolute atomic E-state index is 6.16. The van der Waals surface area contributed by atoms with E-state index in [0.717, 1.165) is 35.8 Å². The van der Waals surface area contributed by atoms with E-state index in [1.165, 1.54) is 49.9 Å². The average Bonchev–Trinajstić information content (AvgIpc) is 2.67. The molecule has 3 fully saturated rings. The van der Waals surface area contributed by atoms with Crippen LogP contribution in [0, 0.1) is 28.6 Å². The molecule has 30 heavy (non-hydrogen) atoms. The summed E-state index contributed by atoms with van der Waals surface area (Å²) in [6.45, 7) is 19.2. The van der Waals surface area contributed by atoms with Gasteiger partial charge in [-0.25, -0.2) is 0 Å². The molecule has 1 saturated carbocycles. The van der Waals surface area contributed by atoms with Crippen molar-refractivity contribution in [2.24, 2.45) is 28.6 Å². The molecule has 3 heterocycles. The summed E-state index contributed by atoms with van der Waals surface area (Å²) in [4.78, 5) is 2.87. The highest BCUT2D eigenvalue weighted by atomic mass is 16.5. The fourth-order valence-electron chi connectivity index (χ4n) is 6.74. The Morgan fingerprint density at radius 2 is 1.93 bits per heavy atom. The molecular weight excluding hydrogens is 366 g/mol. The van der Waals surface area contributed by atoms with Crippen molar-refractivity contribution >= 4 is 0 Å². The molecule has 0 radical (unpaired) electrons. The number of hydrogen-bond donors (Lipinski definition) is 0. The largest absolute Gasteiger partial charge is 0.462 e. The Morgan fingerprint density at radius 1 is 1.17 bits per heavy atom. The lowest BCUT2D eigenvalue weighted by Crippen LogP contribution is -2.63. The lowest BCUT2D eigenvalue weighted by Gasteiger charge is -2.61. The zero-order valence-corrected chi connectivity index (χ0v) is 20.4. The molecule has 4 atom stereocenters. The van der Waals surface area contributed by atoms with Gasteiger partial charge in [-0.1, -0.05) is 46.3 Å². The second-order valence-electron chi connectivity index (χ2n) is 12.1. The average molecular weight is 410 g/mol. The third kappa shape index (κ3) is 4.35. The van der Waals surface area contributed by atoms with E-state index >= 15 is 0 Å². The smallest absolute Gasteiger partial charge is 0.127 e. The summed E-state index contributed by atoms with van der Waals surface area (Å²) in [5, 5.41) is 0. The van der Waals surface area contributed by atoms with Crippen LogP contribution in [0.25, 0.3) is 0 Å². The molecule has 0 aromatic heterocycles. The second kappa shape index (κ2) is 8.01. The Hall–Kier alpha value is -1.28. The quantitative estimate of drug-likeness (QED) is 0.486. The van der Waals surface area contributed by atoms with Crippen molar-refractivity contribution in [2.75, 3.05) is 13.1 Å². The first-order valence-electron chi connectivity index (χ1n) is 12.3. The monoisotopic (exact) mass is 409 g/mol. The SMILES string of the molecule is CCC1=CC(=C(C)C)C=C(/C=C/C2CC3CC(C)(C)CN4CCC(C)(C)C(C2)C34)O1. The zero-order chi connectivity index (χ0) is 21.7. The van der Waals surface area contributed by atoms with Crippen LogP contribution in [-0.2, 0) is 4.74 Å². The Labute approximate surface area is 185 Å². The summed E-state index contributed by atoms with van der Waals surface area (Å²) in [5.41, 5.74) is 3.57. The Bertz CT molecular complexity index is 789. The lowest BCUT2D eigenvalue weighted by atomic mass is 9.55. The lowest BCUT2D eigenvalue weighted by molar-refractivity contribution is -0.112. The van der Waals surface area contributed by atoms with Crippen LogP contribution in [0.15, 0.2) is 47.0 Å². The highest BCUT2D eigenvalue weighted by Crippen LogP contribution is 2.55. The number of hydrogen-bond acceptors (Lipinski definition) is 2. The molecule has 3 aliphatic heterocycles. The van der Waals surface area contributed by atoms with Gasteiger partial charge in [0.15, 0.2) is 0 Å². The summed E-state index contributed by atoms with van der Waals surface area (Å²) in [6.07, 6.45) is 15.5. The van der Waals surface area contributed by atoms with Crippen molar-refractivity contribution in [1.82, 2.24) is 4.90 Å². The van der Waals surface area contributed by atoms with Crippen molar-refractivity contribution < 1.29 is 4.74 Å². The van der Waals surface area contributed by atoms with Crippen LogP contribution in [0.3, 0.4) is 0 Å². The molecular formula is C28H43NO. The minimum atomic E-state index is 0.451. The minimum absolute atomic E-state index is 0.451. The van der Waals surface area contributed by atoms with Gasteiger partial charge in [-0.05, 0) is 98.5 Å². The fraction of sp³-hybridized carbons (Fsp3) is 0.714. The van der Waals surface area contributed by atoms with Crippen molar-refractivity contribution in [2.45, 2.75) is 86.6 Å². The molecule has 0 spiro atoms. The van der Waals surface area contributed by atoms with E-state index in [-0.39, 0.29) is 0 Å². The third-order valence-electron chi connectivity index (χ3n) is 8.29. The maximum atomic E-state index is 6.16. The number of piperidine rings is 2. The van der Waals surface area contributed by atoms with E-state index < -0.39 is 0 Å². The van der Waals surface area contributed by atoms with Crippen LogP contribution < -0.4 is 0 Å². The summed E-state index contributed by atoms with van der Waals surface area (Å²) in [5.74, 6) is 4.41. The van der Waals surface area contributed by atoms with Gasteiger partial charge < -0.3 is 4.74 Å². The molecule has 166 valence electrons. The van der Waals surface area contributed by atoms with Crippen LogP contribution in [0.4, 0.5) is 0 Å².